The van der Waals surface area contributed by atoms with Crippen LogP contribution in [-0.4, -0.2) is 32.6 Å². The molecular formula is C25H21N5O2. The predicted molar refractivity (Wildman–Crippen MR) is 122 cm³/mol. The van der Waals surface area contributed by atoms with Gasteiger partial charge in [-0.3, -0.25) is 9.59 Å². The Hall–Kier alpha value is -4.26. The van der Waals surface area contributed by atoms with Crippen LogP contribution in [0.4, 0.5) is 5.69 Å². The van der Waals surface area contributed by atoms with Crippen molar-refractivity contribution < 1.29 is 9.59 Å². The van der Waals surface area contributed by atoms with Gasteiger partial charge in [0.15, 0.2) is 5.82 Å². The van der Waals surface area contributed by atoms with Crippen molar-refractivity contribution in [3.63, 3.8) is 0 Å². The number of aromatic nitrogens is 3. The van der Waals surface area contributed by atoms with E-state index in [1.165, 1.54) is 0 Å². The van der Waals surface area contributed by atoms with Crippen molar-refractivity contribution in [2.24, 2.45) is 0 Å². The second-order valence-electron chi connectivity index (χ2n) is 7.62. The molecule has 2 amide bonds. The van der Waals surface area contributed by atoms with Crippen molar-refractivity contribution in [3.05, 3.63) is 96.3 Å². The number of nitrogens with one attached hydrogen (secondary N) is 2. The number of benzene rings is 3. The topological polar surface area (TPSA) is 88.9 Å². The molecule has 0 radical (unpaired) electrons. The first-order chi connectivity index (χ1) is 15.7. The second kappa shape index (κ2) is 8.47. The number of nitrogens with zero attached hydrogens (tertiary/aromatic N) is 3. The first-order valence-corrected chi connectivity index (χ1v) is 10.5. The summed E-state index contributed by atoms with van der Waals surface area (Å²) < 4.78 is 1.65. The molecule has 1 fully saturated rings. The molecular weight excluding hydrogens is 402 g/mol. The van der Waals surface area contributed by atoms with E-state index in [2.05, 4.69) is 20.7 Å². The maximum atomic E-state index is 13.1. The van der Waals surface area contributed by atoms with Crippen LogP contribution in [0.3, 0.4) is 0 Å². The molecule has 158 valence electrons. The standard InChI is InChI=1S/C25H21N5O2/c31-24(26-18-15-16-18)20-13-7-8-14-21(20)27-25(32)22-28-23(17-9-3-1-4-10-17)30(29-22)19-11-5-2-6-12-19/h1-14,18H,15-16H2,(H,26,31)(H,27,32). The van der Waals surface area contributed by atoms with Crippen molar-refractivity contribution in [1.29, 1.82) is 0 Å². The van der Waals surface area contributed by atoms with E-state index in [1.807, 2.05) is 60.7 Å². The summed E-state index contributed by atoms with van der Waals surface area (Å²) >= 11 is 0. The maximum absolute atomic E-state index is 13.1. The van der Waals surface area contributed by atoms with Gasteiger partial charge < -0.3 is 10.6 Å². The second-order valence-corrected chi connectivity index (χ2v) is 7.62. The van der Waals surface area contributed by atoms with Gasteiger partial charge in [-0.2, -0.15) is 0 Å². The zero-order valence-corrected chi connectivity index (χ0v) is 17.2. The Labute approximate surface area is 185 Å². The van der Waals surface area contributed by atoms with Gasteiger partial charge in [-0.15, -0.1) is 5.10 Å². The third-order valence-electron chi connectivity index (χ3n) is 5.18. The summed E-state index contributed by atoms with van der Waals surface area (Å²) in [7, 11) is 0. The first kappa shape index (κ1) is 19.7. The van der Waals surface area contributed by atoms with E-state index in [9.17, 15) is 9.59 Å². The molecule has 1 heterocycles. The lowest BCUT2D eigenvalue weighted by atomic mass is 10.1. The largest absolute Gasteiger partial charge is 0.349 e. The van der Waals surface area contributed by atoms with E-state index in [0.29, 0.717) is 17.1 Å². The van der Waals surface area contributed by atoms with E-state index < -0.39 is 5.91 Å². The fourth-order valence-corrected chi connectivity index (χ4v) is 3.39. The molecule has 2 N–H and O–H groups in total. The third kappa shape index (κ3) is 4.13. The summed E-state index contributed by atoms with van der Waals surface area (Å²) in [5.74, 6) is -0.105. The fourth-order valence-electron chi connectivity index (χ4n) is 3.39. The van der Waals surface area contributed by atoms with Gasteiger partial charge in [-0.1, -0.05) is 60.7 Å². The van der Waals surface area contributed by atoms with Gasteiger partial charge >= 0.3 is 0 Å². The molecule has 5 rings (SSSR count). The SMILES string of the molecule is O=C(Nc1ccccc1C(=O)NC1CC1)c1nc(-c2ccccc2)n(-c2ccccc2)n1. The third-order valence-corrected chi connectivity index (χ3v) is 5.18. The molecule has 0 spiro atoms. The minimum Gasteiger partial charge on any atom is -0.349 e. The molecule has 0 atom stereocenters. The van der Waals surface area contributed by atoms with E-state index >= 15 is 0 Å². The average Bonchev–Trinajstić information content (AvgIpc) is 3.53. The van der Waals surface area contributed by atoms with Crippen molar-refractivity contribution in [3.8, 4) is 17.1 Å². The zero-order chi connectivity index (χ0) is 21.9. The number of hydrogen-bond acceptors (Lipinski definition) is 4. The molecule has 1 aliphatic rings. The van der Waals surface area contributed by atoms with Gasteiger partial charge in [0.05, 0.1) is 16.9 Å². The van der Waals surface area contributed by atoms with Crippen LogP contribution in [0.2, 0.25) is 0 Å². The number of rotatable bonds is 6. The van der Waals surface area contributed by atoms with Crippen LogP contribution in [0.15, 0.2) is 84.9 Å². The van der Waals surface area contributed by atoms with Gasteiger partial charge in [0.25, 0.3) is 11.8 Å². The number of hydrogen-bond donors (Lipinski definition) is 2. The van der Waals surface area contributed by atoms with E-state index in [1.54, 1.807) is 28.9 Å². The average molecular weight is 423 g/mol. The molecule has 4 aromatic rings. The van der Waals surface area contributed by atoms with Crippen LogP contribution < -0.4 is 10.6 Å². The Kier molecular flexibility index (Phi) is 5.21. The lowest BCUT2D eigenvalue weighted by molar-refractivity contribution is 0.0952. The highest BCUT2D eigenvalue weighted by Crippen LogP contribution is 2.23. The van der Waals surface area contributed by atoms with Crippen molar-refractivity contribution in [2.75, 3.05) is 5.32 Å². The number of carbonyl (C=O) groups is 2. The van der Waals surface area contributed by atoms with E-state index in [0.717, 1.165) is 24.1 Å². The summed E-state index contributed by atoms with van der Waals surface area (Å²) in [6.07, 6.45) is 1.98. The lowest BCUT2D eigenvalue weighted by Gasteiger charge is -2.10. The van der Waals surface area contributed by atoms with E-state index in [-0.39, 0.29) is 17.8 Å². The minimum absolute atomic E-state index is 0.0186. The van der Waals surface area contributed by atoms with Crippen molar-refractivity contribution >= 4 is 17.5 Å². The van der Waals surface area contributed by atoms with Gasteiger partial charge in [-0.25, -0.2) is 9.67 Å². The molecule has 3 aromatic carbocycles. The number of anilines is 1. The van der Waals surface area contributed by atoms with Crippen LogP contribution in [0.1, 0.15) is 33.8 Å². The normalized spacial score (nSPS) is 12.9. The molecule has 1 aromatic heterocycles. The highest BCUT2D eigenvalue weighted by Gasteiger charge is 2.25. The molecule has 32 heavy (non-hydrogen) atoms. The Morgan fingerprint density at radius 1 is 0.812 bits per heavy atom. The Morgan fingerprint density at radius 2 is 1.47 bits per heavy atom. The smallest absolute Gasteiger partial charge is 0.295 e. The summed E-state index contributed by atoms with van der Waals surface area (Å²) in [6.45, 7) is 0. The van der Waals surface area contributed by atoms with Crippen LogP contribution in [0, 0.1) is 0 Å². The van der Waals surface area contributed by atoms with Gasteiger partial charge in [0.1, 0.15) is 0 Å². The number of amides is 2. The summed E-state index contributed by atoms with van der Waals surface area (Å²) in [5, 5.41) is 10.2. The van der Waals surface area contributed by atoms with Crippen molar-refractivity contribution in [2.45, 2.75) is 18.9 Å². The molecule has 0 aliphatic heterocycles. The Bertz CT molecular complexity index is 1210. The molecule has 0 bridgehead atoms. The number of para-hydroxylation sites is 2. The molecule has 1 saturated carbocycles. The molecule has 0 saturated heterocycles. The Morgan fingerprint density at radius 3 is 2.19 bits per heavy atom. The lowest BCUT2D eigenvalue weighted by Crippen LogP contribution is -2.27. The van der Waals surface area contributed by atoms with Gasteiger partial charge in [-0.05, 0) is 37.1 Å². The van der Waals surface area contributed by atoms with Crippen LogP contribution >= 0.6 is 0 Å². The molecule has 0 unspecified atom stereocenters. The van der Waals surface area contributed by atoms with Gasteiger partial charge in [0, 0.05) is 11.6 Å². The molecule has 1 aliphatic carbocycles. The predicted octanol–water partition coefficient (Wildman–Crippen LogP) is 4.08. The first-order valence-electron chi connectivity index (χ1n) is 10.5. The Balaban J connectivity index is 1.47. The quantitative estimate of drug-likeness (QED) is 0.489. The molecule has 7 nitrogen and oxygen atoms in total. The fraction of sp³-hybridized carbons (Fsp3) is 0.120. The molecule has 7 heteroatoms. The monoisotopic (exact) mass is 423 g/mol. The minimum atomic E-state index is -0.483. The van der Waals surface area contributed by atoms with Crippen LogP contribution in [0.25, 0.3) is 17.1 Å². The zero-order valence-electron chi connectivity index (χ0n) is 17.2. The number of carbonyl (C=O) groups excluding carboxylic acids is 2. The summed E-state index contributed by atoms with van der Waals surface area (Å²) in [4.78, 5) is 30.2. The summed E-state index contributed by atoms with van der Waals surface area (Å²) in [6, 6.07) is 26.3. The maximum Gasteiger partial charge on any atom is 0.295 e. The highest BCUT2D eigenvalue weighted by atomic mass is 16.2. The van der Waals surface area contributed by atoms with Crippen LogP contribution in [0.5, 0.6) is 0 Å². The van der Waals surface area contributed by atoms with E-state index in [4.69, 9.17) is 0 Å². The van der Waals surface area contributed by atoms with Crippen LogP contribution in [-0.2, 0) is 0 Å². The van der Waals surface area contributed by atoms with Crippen molar-refractivity contribution in [1.82, 2.24) is 20.1 Å². The summed E-state index contributed by atoms with van der Waals surface area (Å²) in [5.41, 5.74) is 2.47. The van der Waals surface area contributed by atoms with Gasteiger partial charge in [0.2, 0.25) is 5.82 Å². The highest BCUT2D eigenvalue weighted by molar-refractivity contribution is 6.07.